The van der Waals surface area contributed by atoms with Gasteiger partial charge in [-0.25, -0.2) is 18.4 Å². The van der Waals surface area contributed by atoms with E-state index >= 15 is 0 Å². The molecule has 0 aliphatic rings. The summed E-state index contributed by atoms with van der Waals surface area (Å²) in [5.74, 6) is 0.232. The highest BCUT2D eigenvalue weighted by molar-refractivity contribution is 5.84. The van der Waals surface area contributed by atoms with Gasteiger partial charge in [-0.2, -0.15) is 23.3 Å². The van der Waals surface area contributed by atoms with Crippen LogP contribution in [0.2, 0.25) is 0 Å². The molecule has 3 heterocycles. The maximum Gasteiger partial charge on any atom is 0.433 e. The smallest absolute Gasteiger partial charge is 0.433 e. The number of ether oxygens (including phenoxy) is 1. The largest absolute Gasteiger partial charge is 0.480 e. The number of nitrogens with zero attached hydrogens (tertiary/aromatic N) is 5. The number of hydrogen-bond acceptors (Lipinski definition) is 5. The Morgan fingerprint density at radius 2 is 1.85 bits per heavy atom. The zero-order valence-electron chi connectivity index (χ0n) is 14.4. The molecule has 11 heteroatoms. The Balaban J connectivity index is 2.14. The molecule has 3 aromatic rings. The van der Waals surface area contributed by atoms with Crippen LogP contribution in [-0.2, 0) is 6.18 Å². The predicted octanol–water partition coefficient (Wildman–Crippen LogP) is 4.10. The molecule has 27 heavy (non-hydrogen) atoms. The molecule has 0 spiro atoms. The summed E-state index contributed by atoms with van der Waals surface area (Å²) in [4.78, 5) is 11.6. The number of alkyl halides is 5. The molecule has 0 aliphatic heterocycles. The molecule has 6 nitrogen and oxygen atoms in total. The van der Waals surface area contributed by atoms with Gasteiger partial charge in [0.05, 0.1) is 13.2 Å². The normalized spacial score (nSPS) is 13.4. The van der Waals surface area contributed by atoms with Crippen molar-refractivity contribution in [1.29, 1.82) is 0 Å². The van der Waals surface area contributed by atoms with E-state index in [4.69, 9.17) is 4.74 Å². The second-order valence-corrected chi connectivity index (χ2v) is 5.76. The van der Waals surface area contributed by atoms with Crippen LogP contribution in [0.4, 0.5) is 22.0 Å². The van der Waals surface area contributed by atoms with Gasteiger partial charge in [-0.05, 0) is 25.5 Å². The van der Waals surface area contributed by atoms with Gasteiger partial charge >= 0.3 is 6.18 Å². The number of rotatable bonds is 4. The summed E-state index contributed by atoms with van der Waals surface area (Å²) >= 11 is 0. The molecule has 3 aromatic heterocycles. The van der Waals surface area contributed by atoms with E-state index in [1.807, 2.05) is 0 Å². The molecular formula is C16H14F5N5O. The highest BCUT2D eigenvalue weighted by Gasteiger charge is 2.32. The van der Waals surface area contributed by atoms with Crippen molar-refractivity contribution in [3.63, 3.8) is 0 Å². The number of halogens is 5. The van der Waals surface area contributed by atoms with Gasteiger partial charge < -0.3 is 4.74 Å². The summed E-state index contributed by atoms with van der Waals surface area (Å²) in [6.07, 6.45) is -6.44. The van der Waals surface area contributed by atoms with Gasteiger partial charge in [0, 0.05) is 6.20 Å². The molecule has 144 valence electrons. The number of aromatic nitrogens is 5. The van der Waals surface area contributed by atoms with Crippen molar-refractivity contribution in [3.05, 3.63) is 41.1 Å². The van der Waals surface area contributed by atoms with Crippen LogP contribution < -0.4 is 4.74 Å². The molecule has 0 bridgehead atoms. The first-order chi connectivity index (χ1) is 12.6. The molecule has 0 amide bonds. The third-order valence-corrected chi connectivity index (χ3v) is 3.98. The Morgan fingerprint density at radius 1 is 1.15 bits per heavy atom. The molecule has 0 N–H and O–H groups in total. The average molecular weight is 387 g/mol. The highest BCUT2D eigenvalue weighted by Crippen LogP contribution is 2.35. The summed E-state index contributed by atoms with van der Waals surface area (Å²) in [5, 5.41) is 3.88. The van der Waals surface area contributed by atoms with E-state index in [2.05, 4.69) is 20.1 Å². The van der Waals surface area contributed by atoms with Crippen molar-refractivity contribution >= 4 is 11.0 Å². The van der Waals surface area contributed by atoms with Crippen molar-refractivity contribution in [2.45, 2.75) is 32.5 Å². The number of hydrogen-bond donors (Lipinski definition) is 0. The SMILES string of the molecule is COc1nc(C)nc2c1c(C(F)F)nn2C(C)c1ccc(C(F)(F)F)nc1. The molecular weight excluding hydrogens is 373 g/mol. The van der Waals surface area contributed by atoms with Gasteiger partial charge in [-0.15, -0.1) is 0 Å². The summed E-state index contributed by atoms with van der Waals surface area (Å²) in [5.41, 5.74) is -1.16. The lowest BCUT2D eigenvalue weighted by atomic mass is 10.1. The van der Waals surface area contributed by atoms with E-state index in [0.29, 0.717) is 5.56 Å². The van der Waals surface area contributed by atoms with Crippen LogP contribution in [0.5, 0.6) is 5.88 Å². The standard InChI is InChI=1S/C16H14F5N5O/c1-7(9-4-5-10(22-6-9)16(19,20)21)26-14-11(12(25-26)13(17)18)15(27-3)24-8(2)23-14/h4-7,13H,1-3H3. The molecule has 0 fully saturated rings. The first kappa shape index (κ1) is 18.9. The predicted molar refractivity (Wildman–Crippen MR) is 84.6 cm³/mol. The molecule has 0 saturated heterocycles. The zero-order valence-corrected chi connectivity index (χ0v) is 14.4. The van der Waals surface area contributed by atoms with E-state index < -0.39 is 30.0 Å². The molecule has 3 rings (SSSR count). The molecule has 1 unspecified atom stereocenters. The zero-order chi connectivity index (χ0) is 19.9. The molecule has 0 saturated carbocycles. The van der Waals surface area contributed by atoms with Crippen LogP contribution in [0, 0.1) is 6.92 Å². The van der Waals surface area contributed by atoms with E-state index in [0.717, 1.165) is 12.3 Å². The third-order valence-electron chi connectivity index (χ3n) is 3.98. The highest BCUT2D eigenvalue weighted by atomic mass is 19.4. The maximum absolute atomic E-state index is 13.5. The lowest BCUT2D eigenvalue weighted by Gasteiger charge is -2.14. The minimum atomic E-state index is -4.57. The maximum atomic E-state index is 13.5. The van der Waals surface area contributed by atoms with E-state index in [-0.39, 0.29) is 22.7 Å². The summed E-state index contributed by atoms with van der Waals surface area (Å²) in [7, 11) is 1.29. The molecule has 1 atom stereocenters. The Labute approximate surface area is 150 Å². The monoisotopic (exact) mass is 387 g/mol. The van der Waals surface area contributed by atoms with Crippen molar-refractivity contribution in [2.75, 3.05) is 7.11 Å². The Hall–Kier alpha value is -2.85. The third kappa shape index (κ3) is 3.40. The van der Waals surface area contributed by atoms with Crippen LogP contribution in [0.15, 0.2) is 18.3 Å². The Morgan fingerprint density at radius 3 is 2.37 bits per heavy atom. The number of fused-ring (bicyclic) bond motifs is 1. The lowest BCUT2D eigenvalue weighted by Crippen LogP contribution is -2.12. The quantitative estimate of drug-likeness (QED) is 0.631. The van der Waals surface area contributed by atoms with Crippen LogP contribution >= 0.6 is 0 Å². The van der Waals surface area contributed by atoms with Gasteiger partial charge in [0.2, 0.25) is 5.88 Å². The van der Waals surface area contributed by atoms with Crippen molar-refractivity contribution in [1.82, 2.24) is 24.7 Å². The summed E-state index contributed by atoms with van der Waals surface area (Å²) in [6, 6.07) is 1.35. The molecule has 0 aliphatic carbocycles. The van der Waals surface area contributed by atoms with Crippen LogP contribution in [0.3, 0.4) is 0 Å². The van der Waals surface area contributed by atoms with Crippen molar-refractivity contribution in [2.24, 2.45) is 0 Å². The minimum Gasteiger partial charge on any atom is -0.480 e. The summed E-state index contributed by atoms with van der Waals surface area (Å²) < 4.78 is 71.2. The molecule has 0 aromatic carbocycles. The van der Waals surface area contributed by atoms with Crippen LogP contribution in [0.1, 0.15) is 42.2 Å². The van der Waals surface area contributed by atoms with E-state index in [1.54, 1.807) is 13.8 Å². The van der Waals surface area contributed by atoms with Gasteiger partial charge in [0.1, 0.15) is 22.6 Å². The first-order valence-corrected chi connectivity index (χ1v) is 7.75. The van der Waals surface area contributed by atoms with Crippen LogP contribution in [-0.4, -0.2) is 31.8 Å². The Bertz CT molecular complexity index is 968. The van der Waals surface area contributed by atoms with Gasteiger partial charge in [-0.1, -0.05) is 6.07 Å². The number of aryl methyl sites for hydroxylation is 1. The lowest BCUT2D eigenvalue weighted by molar-refractivity contribution is -0.141. The molecule has 0 radical (unpaired) electrons. The average Bonchev–Trinajstić information content (AvgIpc) is 2.99. The van der Waals surface area contributed by atoms with Gasteiger partial charge in [0.25, 0.3) is 6.43 Å². The first-order valence-electron chi connectivity index (χ1n) is 7.75. The van der Waals surface area contributed by atoms with Crippen LogP contribution in [0.25, 0.3) is 11.0 Å². The summed E-state index contributed by atoms with van der Waals surface area (Å²) in [6.45, 7) is 3.15. The van der Waals surface area contributed by atoms with E-state index in [1.165, 1.54) is 17.9 Å². The van der Waals surface area contributed by atoms with Crippen molar-refractivity contribution < 1.29 is 26.7 Å². The topological polar surface area (TPSA) is 65.7 Å². The number of methoxy groups -OCH3 is 1. The second-order valence-electron chi connectivity index (χ2n) is 5.76. The van der Waals surface area contributed by atoms with Gasteiger partial charge in [-0.3, -0.25) is 4.98 Å². The van der Waals surface area contributed by atoms with E-state index in [9.17, 15) is 22.0 Å². The number of pyridine rings is 1. The fraction of sp³-hybridized carbons (Fsp3) is 0.375. The van der Waals surface area contributed by atoms with Gasteiger partial charge in [0.15, 0.2) is 5.65 Å². The minimum absolute atomic E-state index is 0.0372. The fourth-order valence-corrected chi connectivity index (χ4v) is 2.67. The Kier molecular flexibility index (Phi) is 4.70. The fourth-order valence-electron chi connectivity index (χ4n) is 2.67. The van der Waals surface area contributed by atoms with Crippen molar-refractivity contribution in [3.8, 4) is 5.88 Å². The second kappa shape index (κ2) is 6.71.